The Bertz CT molecular complexity index is 631. The molecule has 0 aliphatic heterocycles. The minimum atomic E-state index is -0.0254. The SMILES string of the molecule is CCN(CC)C(=O)c1sc2nnc(C)c(C)c2c1N. The first-order chi connectivity index (χ1) is 9.01. The van der Waals surface area contributed by atoms with Gasteiger partial charge in [-0.3, -0.25) is 4.79 Å². The lowest BCUT2D eigenvalue weighted by Crippen LogP contribution is -2.30. The smallest absolute Gasteiger partial charge is 0.266 e. The zero-order valence-electron chi connectivity index (χ0n) is 11.6. The molecule has 2 heterocycles. The van der Waals surface area contributed by atoms with Crippen molar-refractivity contribution in [3.63, 3.8) is 0 Å². The number of nitrogens with zero attached hydrogens (tertiary/aromatic N) is 3. The van der Waals surface area contributed by atoms with Gasteiger partial charge in [0.15, 0.2) is 0 Å². The van der Waals surface area contributed by atoms with Crippen molar-refractivity contribution in [3.8, 4) is 0 Å². The molecule has 2 aromatic rings. The van der Waals surface area contributed by atoms with E-state index in [1.807, 2.05) is 27.7 Å². The van der Waals surface area contributed by atoms with Crippen molar-refractivity contribution in [1.29, 1.82) is 0 Å². The number of nitrogens with two attached hydrogens (primary N) is 1. The fourth-order valence-corrected chi connectivity index (χ4v) is 3.12. The average molecular weight is 278 g/mol. The van der Waals surface area contributed by atoms with Crippen molar-refractivity contribution < 1.29 is 4.79 Å². The molecule has 0 aliphatic carbocycles. The van der Waals surface area contributed by atoms with Crippen LogP contribution in [0.2, 0.25) is 0 Å². The maximum Gasteiger partial charge on any atom is 0.266 e. The van der Waals surface area contributed by atoms with Gasteiger partial charge < -0.3 is 10.6 Å². The normalized spacial score (nSPS) is 10.9. The third-order valence-corrected chi connectivity index (χ3v) is 4.46. The van der Waals surface area contributed by atoms with Crippen molar-refractivity contribution in [2.24, 2.45) is 0 Å². The van der Waals surface area contributed by atoms with Gasteiger partial charge in [-0.05, 0) is 33.3 Å². The van der Waals surface area contributed by atoms with E-state index >= 15 is 0 Å². The number of carbonyl (C=O) groups excluding carboxylic acids is 1. The summed E-state index contributed by atoms with van der Waals surface area (Å²) in [5.41, 5.74) is 8.53. The quantitative estimate of drug-likeness (QED) is 0.935. The molecule has 0 fully saturated rings. The Balaban J connectivity index is 2.60. The van der Waals surface area contributed by atoms with E-state index in [4.69, 9.17) is 5.73 Å². The summed E-state index contributed by atoms with van der Waals surface area (Å²) in [7, 11) is 0. The number of aromatic nitrogens is 2. The summed E-state index contributed by atoms with van der Waals surface area (Å²) in [6.07, 6.45) is 0. The fraction of sp³-hybridized carbons (Fsp3) is 0.462. The molecule has 6 heteroatoms. The molecular weight excluding hydrogens is 260 g/mol. The molecule has 2 N–H and O–H groups in total. The second kappa shape index (κ2) is 5.13. The number of carbonyl (C=O) groups is 1. The Labute approximate surface area is 116 Å². The molecule has 0 spiro atoms. The van der Waals surface area contributed by atoms with E-state index in [1.54, 1.807) is 4.90 Å². The monoisotopic (exact) mass is 278 g/mol. The second-order valence-electron chi connectivity index (χ2n) is 4.41. The van der Waals surface area contributed by atoms with E-state index in [-0.39, 0.29) is 5.91 Å². The maximum absolute atomic E-state index is 12.4. The Morgan fingerprint density at radius 1 is 1.26 bits per heavy atom. The standard InChI is InChI=1S/C13H18N4OS/c1-5-17(6-2)13(18)11-10(14)9-7(3)8(4)15-16-12(9)19-11/h5-6,14H2,1-4H3. The highest BCUT2D eigenvalue weighted by molar-refractivity contribution is 7.21. The summed E-state index contributed by atoms with van der Waals surface area (Å²) >= 11 is 1.32. The van der Waals surface area contributed by atoms with E-state index in [0.717, 1.165) is 21.5 Å². The van der Waals surface area contributed by atoms with Gasteiger partial charge in [0, 0.05) is 18.5 Å². The molecule has 0 aliphatic rings. The summed E-state index contributed by atoms with van der Waals surface area (Å²) in [5.74, 6) is -0.0254. The molecule has 0 saturated heterocycles. The van der Waals surface area contributed by atoms with E-state index in [9.17, 15) is 4.79 Å². The number of fused-ring (bicyclic) bond motifs is 1. The first-order valence-electron chi connectivity index (χ1n) is 6.32. The van der Waals surface area contributed by atoms with Crippen LogP contribution < -0.4 is 5.73 Å². The van der Waals surface area contributed by atoms with E-state index in [0.29, 0.717) is 23.7 Å². The van der Waals surface area contributed by atoms with Gasteiger partial charge >= 0.3 is 0 Å². The summed E-state index contributed by atoms with van der Waals surface area (Å²) in [6, 6.07) is 0. The van der Waals surface area contributed by atoms with Crippen molar-refractivity contribution in [3.05, 3.63) is 16.1 Å². The van der Waals surface area contributed by atoms with E-state index in [2.05, 4.69) is 10.2 Å². The van der Waals surface area contributed by atoms with Crippen LogP contribution in [-0.2, 0) is 0 Å². The zero-order chi connectivity index (χ0) is 14.2. The average Bonchev–Trinajstić information content (AvgIpc) is 2.73. The van der Waals surface area contributed by atoms with Gasteiger partial charge in [-0.25, -0.2) is 0 Å². The highest BCUT2D eigenvalue weighted by Crippen LogP contribution is 2.35. The van der Waals surface area contributed by atoms with Gasteiger partial charge in [-0.1, -0.05) is 0 Å². The van der Waals surface area contributed by atoms with Crippen LogP contribution in [0.15, 0.2) is 0 Å². The summed E-state index contributed by atoms with van der Waals surface area (Å²) in [5, 5.41) is 9.09. The topological polar surface area (TPSA) is 72.1 Å². The van der Waals surface area contributed by atoms with Crippen LogP contribution in [0, 0.1) is 13.8 Å². The van der Waals surface area contributed by atoms with Crippen LogP contribution in [0.3, 0.4) is 0 Å². The lowest BCUT2D eigenvalue weighted by Gasteiger charge is -2.17. The molecule has 0 unspecified atom stereocenters. The Hall–Kier alpha value is -1.69. The van der Waals surface area contributed by atoms with Crippen LogP contribution in [0.1, 0.15) is 34.8 Å². The van der Waals surface area contributed by atoms with Gasteiger partial charge in [0.2, 0.25) is 0 Å². The third-order valence-electron chi connectivity index (χ3n) is 3.38. The number of hydrogen-bond donors (Lipinski definition) is 1. The molecule has 0 bridgehead atoms. The van der Waals surface area contributed by atoms with E-state index < -0.39 is 0 Å². The molecule has 1 amide bonds. The molecule has 0 radical (unpaired) electrons. The maximum atomic E-state index is 12.4. The minimum absolute atomic E-state index is 0.0254. The Morgan fingerprint density at radius 3 is 2.47 bits per heavy atom. The number of nitrogen functional groups attached to an aromatic ring is 1. The minimum Gasteiger partial charge on any atom is -0.397 e. The van der Waals surface area contributed by atoms with Crippen LogP contribution in [0.25, 0.3) is 10.2 Å². The van der Waals surface area contributed by atoms with Gasteiger partial charge in [0.05, 0.1) is 11.4 Å². The number of amides is 1. The van der Waals surface area contributed by atoms with Crippen molar-refractivity contribution in [2.45, 2.75) is 27.7 Å². The highest BCUT2D eigenvalue weighted by atomic mass is 32.1. The molecule has 0 saturated carbocycles. The summed E-state index contributed by atoms with van der Waals surface area (Å²) in [4.78, 5) is 15.5. The lowest BCUT2D eigenvalue weighted by molar-refractivity contribution is 0.0779. The first-order valence-corrected chi connectivity index (χ1v) is 7.14. The van der Waals surface area contributed by atoms with Crippen LogP contribution >= 0.6 is 11.3 Å². The summed E-state index contributed by atoms with van der Waals surface area (Å²) < 4.78 is 0. The second-order valence-corrected chi connectivity index (χ2v) is 5.41. The molecular formula is C13H18N4OS. The van der Waals surface area contributed by atoms with Crippen molar-refractivity contribution >= 4 is 33.1 Å². The molecule has 2 rings (SSSR count). The van der Waals surface area contributed by atoms with Gasteiger partial charge in [0.1, 0.15) is 9.71 Å². The van der Waals surface area contributed by atoms with Crippen LogP contribution in [-0.4, -0.2) is 34.1 Å². The van der Waals surface area contributed by atoms with Crippen molar-refractivity contribution in [2.75, 3.05) is 18.8 Å². The van der Waals surface area contributed by atoms with Crippen LogP contribution in [0.5, 0.6) is 0 Å². The molecule has 0 aromatic carbocycles. The fourth-order valence-electron chi connectivity index (χ4n) is 2.05. The molecule has 0 atom stereocenters. The number of rotatable bonds is 3. The van der Waals surface area contributed by atoms with Gasteiger partial charge in [-0.15, -0.1) is 16.4 Å². The first kappa shape index (κ1) is 13.7. The lowest BCUT2D eigenvalue weighted by atomic mass is 10.1. The molecule has 102 valence electrons. The Morgan fingerprint density at radius 2 is 1.89 bits per heavy atom. The van der Waals surface area contributed by atoms with E-state index in [1.165, 1.54) is 11.3 Å². The zero-order valence-corrected chi connectivity index (χ0v) is 12.5. The van der Waals surface area contributed by atoms with Gasteiger partial charge in [-0.2, -0.15) is 5.10 Å². The predicted octanol–water partition coefficient (Wildman–Crippen LogP) is 2.37. The van der Waals surface area contributed by atoms with Gasteiger partial charge in [0.25, 0.3) is 5.91 Å². The van der Waals surface area contributed by atoms with Crippen molar-refractivity contribution in [1.82, 2.24) is 15.1 Å². The largest absolute Gasteiger partial charge is 0.397 e. The molecule has 5 nitrogen and oxygen atoms in total. The molecule has 19 heavy (non-hydrogen) atoms. The highest BCUT2D eigenvalue weighted by Gasteiger charge is 2.22. The predicted molar refractivity (Wildman–Crippen MR) is 78.6 cm³/mol. The summed E-state index contributed by atoms with van der Waals surface area (Å²) in [6.45, 7) is 9.12. The Kier molecular flexibility index (Phi) is 3.71. The number of thiophene rings is 1. The third kappa shape index (κ3) is 2.16. The number of anilines is 1. The van der Waals surface area contributed by atoms with Crippen LogP contribution in [0.4, 0.5) is 5.69 Å². The number of aryl methyl sites for hydroxylation is 2. The number of hydrogen-bond acceptors (Lipinski definition) is 5. The molecule has 2 aromatic heterocycles.